The Bertz CT molecular complexity index is 382. The van der Waals surface area contributed by atoms with Gasteiger partial charge in [-0.3, -0.25) is 9.69 Å². The number of carbonyl (C=O) groups is 1. The van der Waals surface area contributed by atoms with Gasteiger partial charge in [-0.2, -0.15) is 0 Å². The second-order valence-electron chi connectivity index (χ2n) is 4.31. The van der Waals surface area contributed by atoms with Gasteiger partial charge in [0, 0.05) is 18.0 Å². The van der Waals surface area contributed by atoms with Gasteiger partial charge in [-0.25, -0.2) is 0 Å². The van der Waals surface area contributed by atoms with Gasteiger partial charge in [0.25, 0.3) is 0 Å². The molecule has 0 fully saturated rings. The van der Waals surface area contributed by atoms with Crippen molar-refractivity contribution in [3.05, 3.63) is 34.9 Å². The van der Waals surface area contributed by atoms with E-state index in [9.17, 15) is 4.79 Å². The maximum atomic E-state index is 10.4. The number of hydrogen-bond donors (Lipinski definition) is 1. The van der Waals surface area contributed by atoms with E-state index in [-0.39, 0.29) is 6.42 Å². The number of benzene rings is 1. The summed E-state index contributed by atoms with van der Waals surface area (Å²) in [5.41, 5.74) is 1.12. The molecule has 0 aliphatic rings. The van der Waals surface area contributed by atoms with Crippen LogP contribution in [0.25, 0.3) is 0 Å². The Morgan fingerprint density at radius 1 is 1.33 bits per heavy atom. The van der Waals surface area contributed by atoms with Crippen LogP contribution in [0.4, 0.5) is 0 Å². The third-order valence-corrected chi connectivity index (χ3v) is 3.28. The van der Waals surface area contributed by atoms with E-state index in [4.69, 9.17) is 16.7 Å². The van der Waals surface area contributed by atoms with Crippen molar-refractivity contribution in [1.82, 2.24) is 4.90 Å². The third-order valence-electron chi connectivity index (χ3n) is 2.91. The summed E-state index contributed by atoms with van der Waals surface area (Å²) in [6, 6.07) is 7.84. The minimum atomic E-state index is -0.718. The summed E-state index contributed by atoms with van der Waals surface area (Å²) in [4.78, 5) is 12.7. The molecule has 0 unspecified atom stereocenters. The SMILES string of the molecule is CCN(CCCCC(=O)O)Cc1ccccc1Cl. The quantitative estimate of drug-likeness (QED) is 0.735. The van der Waals surface area contributed by atoms with Crippen LogP contribution in [-0.4, -0.2) is 29.1 Å². The highest BCUT2D eigenvalue weighted by atomic mass is 35.5. The summed E-state index contributed by atoms with van der Waals surface area (Å²) in [5, 5.41) is 9.37. The predicted octanol–water partition coefficient (Wildman–Crippen LogP) is 3.42. The van der Waals surface area contributed by atoms with Gasteiger partial charge in [-0.1, -0.05) is 36.7 Å². The standard InChI is InChI=1S/C14H20ClNO2/c1-2-16(10-6-5-9-14(17)18)11-12-7-3-4-8-13(12)15/h3-4,7-8H,2,5-6,9-11H2,1H3,(H,17,18). The van der Waals surface area contributed by atoms with Crippen LogP contribution < -0.4 is 0 Å². The monoisotopic (exact) mass is 269 g/mol. The molecular weight excluding hydrogens is 250 g/mol. The van der Waals surface area contributed by atoms with E-state index >= 15 is 0 Å². The highest BCUT2D eigenvalue weighted by molar-refractivity contribution is 6.31. The van der Waals surface area contributed by atoms with Crippen molar-refractivity contribution in [1.29, 1.82) is 0 Å². The van der Waals surface area contributed by atoms with Crippen LogP contribution in [-0.2, 0) is 11.3 Å². The van der Waals surface area contributed by atoms with E-state index in [2.05, 4.69) is 11.8 Å². The van der Waals surface area contributed by atoms with Gasteiger partial charge >= 0.3 is 5.97 Å². The Morgan fingerprint density at radius 2 is 2.06 bits per heavy atom. The number of nitrogens with zero attached hydrogens (tertiary/aromatic N) is 1. The molecule has 0 heterocycles. The largest absolute Gasteiger partial charge is 0.481 e. The molecule has 1 aromatic carbocycles. The van der Waals surface area contributed by atoms with Crippen LogP contribution in [0.15, 0.2) is 24.3 Å². The third kappa shape index (κ3) is 5.52. The van der Waals surface area contributed by atoms with E-state index in [0.717, 1.165) is 43.1 Å². The molecule has 100 valence electrons. The van der Waals surface area contributed by atoms with Crippen LogP contribution >= 0.6 is 11.6 Å². The Balaban J connectivity index is 2.38. The van der Waals surface area contributed by atoms with Crippen LogP contribution in [0.2, 0.25) is 5.02 Å². The summed E-state index contributed by atoms with van der Waals surface area (Å²) >= 11 is 6.12. The first-order chi connectivity index (χ1) is 8.63. The van der Waals surface area contributed by atoms with Gasteiger partial charge in [0.1, 0.15) is 0 Å². The van der Waals surface area contributed by atoms with Crippen LogP contribution in [0.1, 0.15) is 31.7 Å². The fourth-order valence-electron chi connectivity index (χ4n) is 1.83. The molecular formula is C14H20ClNO2. The van der Waals surface area contributed by atoms with Gasteiger partial charge in [-0.05, 0) is 37.6 Å². The minimum absolute atomic E-state index is 0.254. The molecule has 0 saturated heterocycles. The van der Waals surface area contributed by atoms with Gasteiger partial charge in [0.05, 0.1) is 0 Å². The summed E-state index contributed by atoms with van der Waals surface area (Å²) in [6.45, 7) is 4.78. The lowest BCUT2D eigenvalue weighted by Crippen LogP contribution is -2.24. The first kappa shape index (κ1) is 15.0. The number of rotatable bonds is 8. The van der Waals surface area contributed by atoms with E-state index in [1.54, 1.807) is 0 Å². The van der Waals surface area contributed by atoms with Crippen molar-refractivity contribution in [2.24, 2.45) is 0 Å². The Kier molecular flexibility index (Phi) is 6.76. The van der Waals surface area contributed by atoms with E-state index in [1.807, 2.05) is 24.3 Å². The molecule has 1 N–H and O–H groups in total. The van der Waals surface area contributed by atoms with Crippen molar-refractivity contribution < 1.29 is 9.90 Å². The van der Waals surface area contributed by atoms with Gasteiger partial charge in [0.15, 0.2) is 0 Å². The van der Waals surface area contributed by atoms with E-state index in [1.165, 1.54) is 0 Å². The average molecular weight is 270 g/mol. The predicted molar refractivity (Wildman–Crippen MR) is 73.9 cm³/mol. The zero-order valence-electron chi connectivity index (χ0n) is 10.7. The number of hydrogen-bond acceptors (Lipinski definition) is 2. The molecule has 4 heteroatoms. The normalized spacial score (nSPS) is 10.8. The Labute approximate surface area is 113 Å². The molecule has 3 nitrogen and oxygen atoms in total. The topological polar surface area (TPSA) is 40.5 Å². The molecule has 0 amide bonds. The van der Waals surface area contributed by atoms with E-state index in [0.29, 0.717) is 0 Å². The molecule has 0 atom stereocenters. The van der Waals surface area contributed by atoms with Crippen LogP contribution in [0.5, 0.6) is 0 Å². The van der Waals surface area contributed by atoms with Crippen LogP contribution in [0.3, 0.4) is 0 Å². The lowest BCUT2D eigenvalue weighted by molar-refractivity contribution is -0.137. The average Bonchev–Trinajstić information content (AvgIpc) is 2.35. The lowest BCUT2D eigenvalue weighted by Gasteiger charge is -2.20. The Morgan fingerprint density at radius 3 is 2.67 bits per heavy atom. The maximum absolute atomic E-state index is 10.4. The first-order valence-electron chi connectivity index (χ1n) is 6.31. The molecule has 0 radical (unpaired) electrons. The highest BCUT2D eigenvalue weighted by Gasteiger charge is 2.06. The molecule has 0 spiro atoms. The molecule has 0 aliphatic carbocycles. The molecule has 1 rings (SSSR count). The summed E-state index contributed by atoms with van der Waals surface area (Å²) in [6.07, 6.45) is 1.89. The second-order valence-corrected chi connectivity index (χ2v) is 4.72. The highest BCUT2D eigenvalue weighted by Crippen LogP contribution is 2.17. The summed E-state index contributed by atoms with van der Waals surface area (Å²) < 4.78 is 0. The first-order valence-corrected chi connectivity index (χ1v) is 6.68. The number of halogens is 1. The van der Waals surface area contributed by atoms with Crippen molar-refractivity contribution in [2.75, 3.05) is 13.1 Å². The fraction of sp³-hybridized carbons (Fsp3) is 0.500. The van der Waals surface area contributed by atoms with Crippen molar-refractivity contribution in [3.8, 4) is 0 Å². The lowest BCUT2D eigenvalue weighted by atomic mass is 10.2. The summed E-state index contributed by atoms with van der Waals surface area (Å²) in [7, 11) is 0. The number of carboxylic acids is 1. The zero-order chi connectivity index (χ0) is 13.4. The molecule has 0 aromatic heterocycles. The van der Waals surface area contributed by atoms with Crippen molar-refractivity contribution in [2.45, 2.75) is 32.7 Å². The van der Waals surface area contributed by atoms with Gasteiger partial charge in [-0.15, -0.1) is 0 Å². The van der Waals surface area contributed by atoms with Crippen molar-refractivity contribution in [3.63, 3.8) is 0 Å². The Hall–Kier alpha value is -1.06. The van der Waals surface area contributed by atoms with E-state index < -0.39 is 5.97 Å². The number of unbranched alkanes of at least 4 members (excludes halogenated alkanes) is 1. The molecule has 18 heavy (non-hydrogen) atoms. The minimum Gasteiger partial charge on any atom is -0.481 e. The smallest absolute Gasteiger partial charge is 0.303 e. The number of carboxylic acid groups (broad SMARTS) is 1. The molecule has 0 bridgehead atoms. The molecule has 0 saturated carbocycles. The second kappa shape index (κ2) is 8.11. The fourth-order valence-corrected chi connectivity index (χ4v) is 2.02. The van der Waals surface area contributed by atoms with Crippen molar-refractivity contribution >= 4 is 17.6 Å². The molecule has 0 aliphatic heterocycles. The molecule has 1 aromatic rings. The maximum Gasteiger partial charge on any atom is 0.303 e. The zero-order valence-corrected chi connectivity index (χ0v) is 11.5. The van der Waals surface area contributed by atoms with Gasteiger partial charge in [0.2, 0.25) is 0 Å². The summed E-state index contributed by atoms with van der Waals surface area (Å²) in [5.74, 6) is -0.718. The van der Waals surface area contributed by atoms with Crippen LogP contribution in [0, 0.1) is 0 Å². The number of aliphatic carboxylic acids is 1. The van der Waals surface area contributed by atoms with Gasteiger partial charge < -0.3 is 5.11 Å².